The van der Waals surface area contributed by atoms with Gasteiger partial charge in [-0.25, -0.2) is 16.8 Å². The second-order valence-electron chi connectivity index (χ2n) is 4.92. The Morgan fingerprint density at radius 3 is 1.32 bits per heavy atom. The summed E-state index contributed by atoms with van der Waals surface area (Å²) in [5.74, 6) is -2.19. The topological polar surface area (TPSA) is 85.3 Å². The summed E-state index contributed by atoms with van der Waals surface area (Å²) in [5.41, 5.74) is -14.7. The van der Waals surface area contributed by atoms with Crippen molar-refractivity contribution in [3.8, 4) is 0 Å². The second-order valence-corrected chi connectivity index (χ2v) is 9.26. The van der Waals surface area contributed by atoms with Crippen molar-refractivity contribution in [2.24, 2.45) is 5.41 Å². The van der Waals surface area contributed by atoms with Crippen molar-refractivity contribution < 1.29 is 48.0 Å². The van der Waals surface area contributed by atoms with Crippen LogP contribution in [0.4, 0.5) is 26.3 Å². The summed E-state index contributed by atoms with van der Waals surface area (Å²) in [4.78, 5) is 11.8. The SMILES string of the molecule is CCC(C)(C)C(=O)C(S(=O)(=O)C(F)(F)F)S(=O)(=O)C(F)(F)F. The fraction of sp³-hybridized carbons (Fsp3) is 0.889. The van der Waals surface area contributed by atoms with E-state index in [1.54, 1.807) is 0 Å². The van der Waals surface area contributed by atoms with Gasteiger partial charge in [0, 0.05) is 5.41 Å². The van der Waals surface area contributed by atoms with E-state index in [4.69, 9.17) is 0 Å². The number of Topliss-reactive ketones (excluding diaryl/α,β-unsaturated/α-hetero) is 1. The van der Waals surface area contributed by atoms with Crippen molar-refractivity contribution in [2.75, 3.05) is 0 Å². The molecule has 132 valence electrons. The van der Waals surface area contributed by atoms with Crippen LogP contribution >= 0.6 is 0 Å². The first kappa shape index (κ1) is 21.1. The van der Waals surface area contributed by atoms with Crippen LogP contribution in [0.15, 0.2) is 0 Å². The number of carbonyl (C=O) groups is 1. The Morgan fingerprint density at radius 2 is 1.14 bits per heavy atom. The molecule has 13 heteroatoms. The van der Waals surface area contributed by atoms with Crippen LogP contribution in [-0.2, 0) is 24.5 Å². The van der Waals surface area contributed by atoms with E-state index in [1.165, 1.54) is 6.92 Å². The minimum absolute atomic E-state index is 0.372. The summed E-state index contributed by atoms with van der Waals surface area (Å²) in [5, 5.41) is 0. The molecule has 0 rings (SSSR count). The lowest BCUT2D eigenvalue weighted by molar-refractivity contribution is -0.126. The zero-order valence-corrected chi connectivity index (χ0v) is 13.0. The van der Waals surface area contributed by atoms with Crippen LogP contribution in [0.25, 0.3) is 0 Å². The predicted octanol–water partition coefficient (Wildman–Crippen LogP) is 2.19. The Bertz CT molecular complexity index is 597. The summed E-state index contributed by atoms with van der Waals surface area (Å²) in [6.07, 6.45) is -0.372. The molecule has 22 heavy (non-hydrogen) atoms. The van der Waals surface area contributed by atoms with E-state index >= 15 is 0 Å². The highest BCUT2D eigenvalue weighted by atomic mass is 32.3. The lowest BCUT2D eigenvalue weighted by Gasteiger charge is -2.27. The van der Waals surface area contributed by atoms with Gasteiger partial charge in [0.2, 0.25) is 4.58 Å². The second kappa shape index (κ2) is 5.65. The first-order chi connectivity index (χ1) is 9.34. The molecular formula is C9H12F6O5S2. The van der Waals surface area contributed by atoms with Gasteiger partial charge in [0.15, 0.2) is 5.78 Å². The van der Waals surface area contributed by atoms with E-state index in [0.717, 1.165) is 13.8 Å². The predicted molar refractivity (Wildman–Crippen MR) is 62.8 cm³/mol. The molecule has 0 aliphatic rings. The maximum Gasteiger partial charge on any atom is 0.499 e. The number of sulfone groups is 2. The number of halogens is 6. The molecule has 0 radical (unpaired) electrons. The maximum absolute atomic E-state index is 12.5. The molecule has 0 fully saturated rings. The fourth-order valence-corrected chi connectivity index (χ4v) is 4.86. The Balaban J connectivity index is 6.63. The zero-order valence-electron chi connectivity index (χ0n) is 11.4. The number of hydrogen-bond acceptors (Lipinski definition) is 5. The van der Waals surface area contributed by atoms with Crippen LogP contribution in [0.2, 0.25) is 0 Å². The minimum atomic E-state index is -6.93. The van der Waals surface area contributed by atoms with E-state index in [9.17, 15) is 48.0 Å². The summed E-state index contributed by atoms with van der Waals surface area (Å²) in [6.45, 7) is 2.87. The number of ketones is 1. The monoisotopic (exact) mass is 378 g/mol. The highest BCUT2D eigenvalue weighted by Crippen LogP contribution is 2.40. The van der Waals surface area contributed by atoms with Gasteiger partial charge >= 0.3 is 11.0 Å². The molecule has 0 aromatic heterocycles. The van der Waals surface area contributed by atoms with E-state index in [2.05, 4.69) is 0 Å². The third-order valence-corrected chi connectivity index (χ3v) is 7.34. The Labute approximate surface area is 122 Å². The first-order valence-corrected chi connectivity index (χ1v) is 8.58. The first-order valence-electron chi connectivity index (χ1n) is 5.48. The Kier molecular flexibility index (Phi) is 5.44. The van der Waals surface area contributed by atoms with E-state index in [1.807, 2.05) is 0 Å². The fourth-order valence-electron chi connectivity index (χ4n) is 1.18. The van der Waals surface area contributed by atoms with Gasteiger partial charge < -0.3 is 0 Å². The van der Waals surface area contributed by atoms with Crippen molar-refractivity contribution in [3.63, 3.8) is 0 Å². The van der Waals surface area contributed by atoms with Crippen molar-refractivity contribution in [1.29, 1.82) is 0 Å². The number of carbonyl (C=O) groups excluding carboxylic acids is 1. The third kappa shape index (κ3) is 3.55. The van der Waals surface area contributed by atoms with Gasteiger partial charge in [-0.15, -0.1) is 0 Å². The molecule has 0 aromatic carbocycles. The standard InChI is InChI=1S/C9H12F6O5S2/c1-4-7(2,3)5(16)6(21(17,18)8(10,11)12)22(19,20)9(13,14)15/h6H,4H2,1-3H3. The van der Waals surface area contributed by atoms with Crippen molar-refractivity contribution in [3.05, 3.63) is 0 Å². The highest BCUT2D eigenvalue weighted by molar-refractivity contribution is 8.11. The molecule has 5 nitrogen and oxygen atoms in total. The lowest BCUT2D eigenvalue weighted by Crippen LogP contribution is -2.52. The third-order valence-electron chi connectivity index (χ3n) is 2.97. The molecule has 0 aromatic rings. The molecule has 0 heterocycles. The molecule has 0 bridgehead atoms. The Hall–Kier alpha value is -0.850. The molecule has 0 aliphatic carbocycles. The smallest absolute Gasteiger partial charge is 0.296 e. The van der Waals surface area contributed by atoms with E-state index in [0.29, 0.717) is 0 Å². The van der Waals surface area contributed by atoms with Gasteiger partial charge in [0.05, 0.1) is 0 Å². The molecule has 0 aliphatic heterocycles. The number of rotatable bonds is 5. The van der Waals surface area contributed by atoms with Crippen molar-refractivity contribution >= 4 is 25.5 Å². The van der Waals surface area contributed by atoms with E-state index < -0.39 is 46.5 Å². The van der Waals surface area contributed by atoms with Gasteiger partial charge in [-0.3, -0.25) is 4.79 Å². The molecule has 0 saturated heterocycles. The average Bonchev–Trinajstić information content (AvgIpc) is 2.25. The summed E-state index contributed by atoms with van der Waals surface area (Å²) in [7, 11) is -13.9. The molecular weight excluding hydrogens is 366 g/mol. The molecule has 0 unspecified atom stereocenters. The van der Waals surface area contributed by atoms with Crippen LogP contribution in [0.5, 0.6) is 0 Å². The number of alkyl halides is 6. The summed E-state index contributed by atoms with van der Waals surface area (Å²) >= 11 is 0. The quantitative estimate of drug-likeness (QED) is 0.685. The lowest BCUT2D eigenvalue weighted by atomic mass is 9.86. The van der Waals surface area contributed by atoms with Crippen LogP contribution < -0.4 is 0 Å². The summed E-state index contributed by atoms with van der Waals surface area (Å²) in [6, 6.07) is 0. The molecule has 0 spiro atoms. The maximum atomic E-state index is 12.5. The molecule has 0 saturated carbocycles. The normalized spacial score (nSPS) is 15.2. The van der Waals surface area contributed by atoms with Crippen molar-refractivity contribution in [1.82, 2.24) is 0 Å². The van der Waals surface area contributed by atoms with Gasteiger partial charge in [-0.1, -0.05) is 20.8 Å². The van der Waals surface area contributed by atoms with Crippen LogP contribution in [0.1, 0.15) is 27.2 Å². The summed E-state index contributed by atoms with van der Waals surface area (Å²) < 4.78 is 116. The van der Waals surface area contributed by atoms with E-state index in [-0.39, 0.29) is 6.42 Å². The molecule has 0 N–H and O–H groups in total. The van der Waals surface area contributed by atoms with Gasteiger partial charge in [0.1, 0.15) is 0 Å². The van der Waals surface area contributed by atoms with Crippen LogP contribution in [0.3, 0.4) is 0 Å². The minimum Gasteiger partial charge on any atom is -0.296 e. The van der Waals surface area contributed by atoms with Crippen molar-refractivity contribution in [2.45, 2.75) is 42.8 Å². The van der Waals surface area contributed by atoms with Gasteiger partial charge in [0.25, 0.3) is 19.7 Å². The Morgan fingerprint density at radius 1 is 0.864 bits per heavy atom. The largest absolute Gasteiger partial charge is 0.499 e. The highest BCUT2D eigenvalue weighted by Gasteiger charge is 2.66. The molecule has 0 atom stereocenters. The van der Waals surface area contributed by atoms with Gasteiger partial charge in [-0.2, -0.15) is 26.3 Å². The van der Waals surface area contributed by atoms with Crippen LogP contribution in [0, 0.1) is 5.41 Å². The molecule has 0 amide bonds. The average molecular weight is 378 g/mol. The number of hydrogen-bond donors (Lipinski definition) is 0. The van der Waals surface area contributed by atoms with Gasteiger partial charge in [-0.05, 0) is 6.42 Å². The zero-order chi connectivity index (χ0) is 18.4. The van der Waals surface area contributed by atoms with Crippen LogP contribution in [-0.4, -0.2) is 38.2 Å².